The third-order valence-corrected chi connectivity index (χ3v) is 17.2. The topological polar surface area (TPSA) is 109 Å². The van der Waals surface area contributed by atoms with E-state index in [4.69, 9.17) is 19.9 Å². The van der Waals surface area contributed by atoms with Crippen molar-refractivity contribution < 1.29 is 0 Å². The monoisotopic (exact) mass is 1150 g/mol. The minimum atomic E-state index is 0.473. The Bertz CT molecular complexity index is 4970. The van der Waals surface area contributed by atoms with Crippen LogP contribution in [0.15, 0.2) is 304 Å². The summed E-state index contributed by atoms with van der Waals surface area (Å²) in [5.41, 5.74) is 23.7. The first-order valence-corrected chi connectivity index (χ1v) is 29.8. The number of nitrogens with zero attached hydrogens (tertiary/aromatic N) is 8. The molecule has 0 bridgehead atoms. The van der Waals surface area contributed by atoms with E-state index >= 15 is 0 Å². The molecule has 6 aromatic heterocycles. The Labute approximate surface area is 519 Å². The van der Waals surface area contributed by atoms with Crippen LogP contribution < -0.4 is 0 Å². The number of fused-ring (bicyclic) bond motifs is 6. The smallest absolute Gasteiger partial charge is 0.104 e. The van der Waals surface area contributed by atoms with Gasteiger partial charge in [0.1, 0.15) is 11.6 Å². The maximum absolute atomic E-state index is 12.1. The van der Waals surface area contributed by atoms with Crippen LogP contribution in [-0.4, -0.2) is 29.1 Å². The third kappa shape index (κ3) is 9.51. The zero-order valence-electron chi connectivity index (χ0n) is 48.4. The van der Waals surface area contributed by atoms with Crippen LogP contribution in [0.3, 0.4) is 0 Å². The van der Waals surface area contributed by atoms with Crippen molar-refractivity contribution in [3.05, 3.63) is 315 Å². The van der Waals surface area contributed by atoms with Crippen molar-refractivity contribution >= 4 is 43.6 Å². The summed E-state index contributed by atoms with van der Waals surface area (Å²) >= 11 is 0. The molecule has 0 aliphatic carbocycles. The highest BCUT2D eigenvalue weighted by Gasteiger charge is 2.25. The lowest BCUT2D eigenvalue weighted by Gasteiger charge is -2.19. The molecule has 90 heavy (non-hydrogen) atoms. The largest absolute Gasteiger partial charge is 0.308 e. The molecule has 0 atom stereocenters. The van der Waals surface area contributed by atoms with Gasteiger partial charge in [0, 0.05) is 68.6 Å². The van der Waals surface area contributed by atoms with Gasteiger partial charge in [-0.2, -0.15) is 10.5 Å². The fraction of sp³-hybridized carbons (Fsp3) is 0. The van der Waals surface area contributed by atoms with Crippen molar-refractivity contribution in [2.24, 2.45) is 0 Å². The normalized spacial score (nSPS) is 11.3. The molecule has 0 aliphatic heterocycles. The number of rotatable bonds is 11. The van der Waals surface area contributed by atoms with Gasteiger partial charge < -0.3 is 9.13 Å². The van der Waals surface area contributed by atoms with E-state index in [9.17, 15) is 10.5 Å². The molecular weight excluding hydrogens is 1100 g/mol. The average molecular weight is 1150 g/mol. The van der Waals surface area contributed by atoms with Crippen LogP contribution in [0.5, 0.6) is 0 Å². The summed E-state index contributed by atoms with van der Waals surface area (Å²) in [5, 5.41) is 26.6. The molecule has 0 saturated carbocycles. The van der Waals surface area contributed by atoms with Crippen LogP contribution in [0.2, 0.25) is 0 Å². The Hall–Kier alpha value is -12.6. The van der Waals surface area contributed by atoms with Gasteiger partial charge in [-0.15, -0.1) is 0 Å². The maximum atomic E-state index is 12.1. The molecule has 0 radical (unpaired) electrons. The minimum Gasteiger partial charge on any atom is -0.308 e. The number of hydrogen-bond donors (Lipinski definition) is 0. The van der Waals surface area contributed by atoms with Crippen LogP contribution in [-0.2, 0) is 0 Å². The van der Waals surface area contributed by atoms with Gasteiger partial charge in [0.25, 0.3) is 0 Å². The summed E-state index contributed by atoms with van der Waals surface area (Å²) in [6.07, 6.45) is 7.51. The Balaban J connectivity index is 0.952. The second-order valence-corrected chi connectivity index (χ2v) is 22.5. The zero-order valence-corrected chi connectivity index (χ0v) is 48.4. The highest BCUT2D eigenvalue weighted by molar-refractivity contribution is 6.14. The van der Waals surface area contributed by atoms with Gasteiger partial charge in [-0.1, -0.05) is 158 Å². The van der Waals surface area contributed by atoms with E-state index in [0.29, 0.717) is 22.5 Å². The fourth-order valence-electron chi connectivity index (χ4n) is 12.8. The molecule has 0 fully saturated rings. The van der Waals surface area contributed by atoms with Gasteiger partial charge in [0.15, 0.2) is 0 Å². The molecule has 418 valence electrons. The van der Waals surface area contributed by atoms with E-state index < -0.39 is 0 Å². The molecule has 0 amide bonds. The lowest BCUT2D eigenvalue weighted by molar-refractivity contribution is 1.12. The Morgan fingerprint density at radius 3 is 0.822 bits per heavy atom. The van der Waals surface area contributed by atoms with E-state index in [0.717, 1.165) is 144 Å². The van der Waals surface area contributed by atoms with Crippen molar-refractivity contribution in [2.45, 2.75) is 0 Å². The first kappa shape index (κ1) is 52.9. The lowest BCUT2D eigenvalue weighted by atomic mass is 9.98. The number of pyridine rings is 4. The Morgan fingerprint density at radius 1 is 0.233 bits per heavy atom. The summed E-state index contributed by atoms with van der Waals surface area (Å²) in [7, 11) is 0. The van der Waals surface area contributed by atoms with Crippen molar-refractivity contribution in [2.75, 3.05) is 0 Å². The van der Waals surface area contributed by atoms with Crippen LogP contribution in [0.1, 0.15) is 11.1 Å². The van der Waals surface area contributed by atoms with E-state index in [1.54, 1.807) is 0 Å². The van der Waals surface area contributed by atoms with E-state index in [1.165, 1.54) is 0 Å². The van der Waals surface area contributed by atoms with Crippen molar-refractivity contribution in [3.63, 3.8) is 0 Å². The maximum Gasteiger partial charge on any atom is 0.104 e. The second-order valence-electron chi connectivity index (χ2n) is 22.5. The minimum absolute atomic E-state index is 0.473. The van der Waals surface area contributed by atoms with E-state index in [2.05, 4.69) is 203 Å². The van der Waals surface area contributed by atoms with Crippen LogP contribution in [0.25, 0.3) is 156 Å². The van der Waals surface area contributed by atoms with Gasteiger partial charge in [-0.05, 0) is 177 Å². The molecule has 0 unspecified atom stereocenters. The molecule has 8 heteroatoms. The molecule has 0 N–H and O–H groups in total. The predicted molar refractivity (Wildman–Crippen MR) is 365 cm³/mol. The first-order chi connectivity index (χ1) is 44.5. The molecular formula is C82H50N8. The van der Waals surface area contributed by atoms with Gasteiger partial charge in [-0.25, -0.2) is 0 Å². The SMILES string of the molecule is N#Cc1cccc(-c2cc(-n3c4ccc(-c5ccnc(-c6ccccc6)c5)cc4c4cc(-c5ccnc(-c6ccccc6)c5)ccc43)c(C#N)c(-n3c4ccc(-c5ccnc(-c6ccccc6)c5)cc4c4cc(-c5ccnc(-c6ccccc6)c5)ccc43)c2)c1. The molecule has 0 spiro atoms. The molecule has 6 heterocycles. The Kier molecular flexibility index (Phi) is 13.1. The standard InChI is InChI=1S/C82H50N8/c83-51-53-14-13-23-58(40-53)67-49-81(89-77-28-24-59(63-32-36-85-73(45-63)54-15-5-1-6-16-54)41-68(77)69-42-60(25-29-78(69)89)64-33-37-86-74(46-64)55-17-7-2-8-18-55)72(52-84)82(50-67)90-79-30-26-61(65-34-38-87-75(47-65)56-19-9-3-10-20-56)43-70(79)71-44-62(27-31-80(71)90)66-35-39-88-76(48-66)57-21-11-4-12-22-57/h1-50H. The van der Waals surface area contributed by atoms with Gasteiger partial charge in [0.2, 0.25) is 0 Å². The summed E-state index contributed by atoms with van der Waals surface area (Å²) in [4.78, 5) is 19.2. The Morgan fingerprint density at radius 2 is 0.522 bits per heavy atom. The quantitative estimate of drug-likeness (QED) is 0.128. The highest BCUT2D eigenvalue weighted by atomic mass is 15.0. The van der Waals surface area contributed by atoms with Crippen LogP contribution in [0, 0.1) is 22.7 Å². The van der Waals surface area contributed by atoms with E-state index in [1.807, 2.05) is 122 Å². The average Bonchev–Trinajstić information content (AvgIpc) is 1.62. The predicted octanol–water partition coefficient (Wildman–Crippen LogP) is 20.2. The fourth-order valence-corrected chi connectivity index (χ4v) is 12.8. The molecule has 10 aromatic carbocycles. The molecule has 8 nitrogen and oxygen atoms in total. The van der Waals surface area contributed by atoms with Crippen molar-refractivity contribution in [1.82, 2.24) is 29.1 Å². The van der Waals surface area contributed by atoms with Gasteiger partial charge in [0.05, 0.1) is 67.8 Å². The van der Waals surface area contributed by atoms with Crippen LogP contribution >= 0.6 is 0 Å². The lowest BCUT2D eigenvalue weighted by Crippen LogP contribution is -2.05. The zero-order chi connectivity index (χ0) is 60.1. The third-order valence-electron chi connectivity index (χ3n) is 17.2. The number of hydrogen-bond acceptors (Lipinski definition) is 6. The molecule has 0 saturated heterocycles. The summed E-state index contributed by atoms with van der Waals surface area (Å²) in [5.74, 6) is 0. The van der Waals surface area contributed by atoms with E-state index in [-0.39, 0.29) is 0 Å². The van der Waals surface area contributed by atoms with Crippen molar-refractivity contribution in [3.8, 4) is 124 Å². The molecule has 0 aliphatic rings. The van der Waals surface area contributed by atoms with Crippen molar-refractivity contribution in [1.29, 1.82) is 10.5 Å². The summed E-state index contributed by atoms with van der Waals surface area (Å²) in [6, 6.07) is 102. The number of benzene rings is 10. The molecule has 16 aromatic rings. The van der Waals surface area contributed by atoms with Gasteiger partial charge in [-0.3, -0.25) is 19.9 Å². The number of nitriles is 2. The summed E-state index contributed by atoms with van der Waals surface area (Å²) in [6.45, 7) is 0. The second kappa shape index (κ2) is 22.3. The number of aromatic nitrogens is 6. The van der Waals surface area contributed by atoms with Gasteiger partial charge >= 0.3 is 0 Å². The summed E-state index contributed by atoms with van der Waals surface area (Å²) < 4.78 is 4.51. The highest BCUT2D eigenvalue weighted by Crippen LogP contribution is 2.44. The van der Waals surface area contributed by atoms with Crippen LogP contribution in [0.4, 0.5) is 0 Å². The molecule has 16 rings (SSSR count). The first-order valence-electron chi connectivity index (χ1n) is 29.8.